The zero-order valence-electron chi connectivity index (χ0n) is 11.2. The summed E-state index contributed by atoms with van der Waals surface area (Å²) in [6.07, 6.45) is 3.02. The van der Waals surface area contributed by atoms with E-state index in [1.807, 2.05) is 12.3 Å². The van der Waals surface area contributed by atoms with Gasteiger partial charge in [0.05, 0.1) is 0 Å². The molecule has 0 saturated heterocycles. The van der Waals surface area contributed by atoms with E-state index in [-0.39, 0.29) is 5.41 Å². The molecule has 0 amide bonds. The number of aryl methyl sites for hydroxylation is 1. The molecule has 0 radical (unpaired) electrons. The van der Waals surface area contributed by atoms with Gasteiger partial charge in [0.25, 0.3) is 0 Å². The third-order valence-corrected chi connectivity index (χ3v) is 2.82. The Morgan fingerprint density at radius 1 is 1.38 bits per heavy atom. The van der Waals surface area contributed by atoms with Gasteiger partial charge in [-0.2, -0.15) is 0 Å². The lowest BCUT2D eigenvalue weighted by Crippen LogP contribution is -2.33. The Bertz CT molecular complexity index is 326. The van der Waals surface area contributed by atoms with E-state index in [1.165, 1.54) is 5.56 Å². The molecule has 0 aliphatic rings. The lowest BCUT2D eigenvalue weighted by atomic mass is 9.82. The van der Waals surface area contributed by atoms with Gasteiger partial charge >= 0.3 is 0 Å². The summed E-state index contributed by atoms with van der Waals surface area (Å²) >= 11 is 0. The van der Waals surface area contributed by atoms with Crippen LogP contribution in [0.25, 0.3) is 0 Å². The van der Waals surface area contributed by atoms with Gasteiger partial charge in [0.1, 0.15) is 0 Å². The highest BCUT2D eigenvalue weighted by atomic mass is 14.9. The largest absolute Gasteiger partial charge is 0.309 e. The maximum absolute atomic E-state index is 4.38. The molecule has 0 aromatic carbocycles. The third kappa shape index (κ3) is 3.31. The Kier molecular flexibility index (Phi) is 4.48. The van der Waals surface area contributed by atoms with Crippen LogP contribution < -0.4 is 5.32 Å². The molecule has 1 unspecified atom stereocenters. The van der Waals surface area contributed by atoms with Crippen molar-refractivity contribution in [2.45, 2.75) is 47.1 Å². The number of hydrogen-bond donors (Lipinski definition) is 1. The number of nitrogens with one attached hydrogen (secondary N) is 1. The first kappa shape index (κ1) is 13.2. The molecular weight excluding hydrogens is 196 g/mol. The molecule has 1 aromatic rings. The number of nitrogens with zero attached hydrogens (tertiary/aromatic N) is 1. The quantitative estimate of drug-likeness (QED) is 0.840. The van der Waals surface area contributed by atoms with Crippen LogP contribution in [0.15, 0.2) is 18.3 Å². The van der Waals surface area contributed by atoms with Gasteiger partial charge in [-0.05, 0) is 36.9 Å². The summed E-state index contributed by atoms with van der Waals surface area (Å²) in [5.74, 6) is 0. The van der Waals surface area contributed by atoms with E-state index in [1.54, 1.807) is 0 Å². The Morgan fingerprint density at radius 2 is 2.06 bits per heavy atom. The van der Waals surface area contributed by atoms with E-state index in [0.717, 1.165) is 18.7 Å². The normalized spacial score (nSPS) is 13.8. The van der Waals surface area contributed by atoms with Crippen molar-refractivity contribution in [2.24, 2.45) is 5.41 Å². The second-order valence-corrected chi connectivity index (χ2v) is 5.43. The van der Waals surface area contributed by atoms with Gasteiger partial charge in [-0.1, -0.05) is 33.8 Å². The minimum Gasteiger partial charge on any atom is -0.309 e. The Morgan fingerprint density at radius 3 is 2.56 bits per heavy atom. The first-order valence-corrected chi connectivity index (χ1v) is 6.11. The predicted molar refractivity (Wildman–Crippen MR) is 69.5 cm³/mol. The molecule has 90 valence electrons. The number of aromatic nitrogens is 1. The second-order valence-electron chi connectivity index (χ2n) is 5.43. The maximum atomic E-state index is 4.38. The SMILES string of the molecule is CCCNC(c1cccnc1C)C(C)(C)C. The van der Waals surface area contributed by atoms with Crippen LogP contribution in [0.5, 0.6) is 0 Å². The fraction of sp³-hybridized carbons (Fsp3) is 0.643. The lowest BCUT2D eigenvalue weighted by Gasteiger charge is -2.32. The third-order valence-electron chi connectivity index (χ3n) is 2.82. The van der Waals surface area contributed by atoms with E-state index in [2.05, 4.69) is 51.0 Å². The summed E-state index contributed by atoms with van der Waals surface area (Å²) in [4.78, 5) is 4.38. The van der Waals surface area contributed by atoms with Crippen LogP contribution in [0.4, 0.5) is 0 Å². The van der Waals surface area contributed by atoms with Crippen molar-refractivity contribution < 1.29 is 0 Å². The highest BCUT2D eigenvalue weighted by molar-refractivity contribution is 5.24. The highest BCUT2D eigenvalue weighted by Gasteiger charge is 2.26. The molecule has 0 fully saturated rings. The first-order chi connectivity index (χ1) is 7.46. The van der Waals surface area contributed by atoms with Crippen molar-refractivity contribution in [2.75, 3.05) is 6.54 Å². The fourth-order valence-electron chi connectivity index (χ4n) is 1.97. The van der Waals surface area contributed by atoms with E-state index in [4.69, 9.17) is 0 Å². The molecule has 0 bridgehead atoms. The number of hydrogen-bond acceptors (Lipinski definition) is 2. The minimum absolute atomic E-state index is 0.211. The van der Waals surface area contributed by atoms with E-state index in [0.29, 0.717) is 6.04 Å². The van der Waals surface area contributed by atoms with Crippen LogP contribution in [0.3, 0.4) is 0 Å². The highest BCUT2D eigenvalue weighted by Crippen LogP contribution is 2.33. The van der Waals surface area contributed by atoms with Crippen LogP contribution in [0.1, 0.15) is 51.4 Å². The molecule has 2 heteroatoms. The first-order valence-electron chi connectivity index (χ1n) is 6.11. The minimum atomic E-state index is 0.211. The van der Waals surface area contributed by atoms with Crippen LogP contribution in [-0.4, -0.2) is 11.5 Å². The van der Waals surface area contributed by atoms with Crippen molar-refractivity contribution >= 4 is 0 Å². The van der Waals surface area contributed by atoms with Crippen molar-refractivity contribution in [3.63, 3.8) is 0 Å². The molecule has 0 spiro atoms. The molecule has 1 heterocycles. The van der Waals surface area contributed by atoms with Gasteiger partial charge in [-0.15, -0.1) is 0 Å². The summed E-state index contributed by atoms with van der Waals surface area (Å²) in [6, 6.07) is 4.58. The van der Waals surface area contributed by atoms with Crippen LogP contribution in [0.2, 0.25) is 0 Å². The zero-order valence-corrected chi connectivity index (χ0v) is 11.2. The molecule has 0 aliphatic carbocycles. The average Bonchev–Trinajstić information content (AvgIpc) is 2.19. The van der Waals surface area contributed by atoms with E-state index < -0.39 is 0 Å². The molecule has 0 aliphatic heterocycles. The predicted octanol–water partition coefficient (Wildman–Crippen LogP) is 3.48. The molecule has 1 atom stereocenters. The maximum Gasteiger partial charge on any atom is 0.0420 e. The molecule has 2 nitrogen and oxygen atoms in total. The topological polar surface area (TPSA) is 24.9 Å². The standard InChI is InChI=1S/C14H24N2/c1-6-9-16-13(14(3,4)5)12-8-7-10-15-11(12)2/h7-8,10,13,16H,6,9H2,1-5H3. The van der Waals surface area contributed by atoms with E-state index >= 15 is 0 Å². The summed E-state index contributed by atoms with van der Waals surface area (Å²) in [5.41, 5.74) is 2.66. The zero-order chi connectivity index (χ0) is 12.2. The van der Waals surface area contributed by atoms with Crippen molar-refractivity contribution in [1.82, 2.24) is 10.3 Å². The second kappa shape index (κ2) is 5.44. The van der Waals surface area contributed by atoms with E-state index in [9.17, 15) is 0 Å². The smallest absolute Gasteiger partial charge is 0.0420 e. The Labute approximate surface area is 99.5 Å². The summed E-state index contributed by atoms with van der Waals surface area (Å²) in [6.45, 7) is 12.1. The van der Waals surface area contributed by atoms with Crippen LogP contribution in [0, 0.1) is 12.3 Å². The van der Waals surface area contributed by atoms with Gasteiger partial charge < -0.3 is 5.32 Å². The van der Waals surface area contributed by atoms with Gasteiger partial charge in [-0.3, -0.25) is 4.98 Å². The molecular formula is C14H24N2. The van der Waals surface area contributed by atoms with Crippen LogP contribution in [-0.2, 0) is 0 Å². The number of rotatable bonds is 4. The molecule has 1 aromatic heterocycles. The monoisotopic (exact) mass is 220 g/mol. The molecule has 1 rings (SSSR count). The fourth-order valence-corrected chi connectivity index (χ4v) is 1.97. The van der Waals surface area contributed by atoms with Crippen molar-refractivity contribution in [1.29, 1.82) is 0 Å². The van der Waals surface area contributed by atoms with Crippen molar-refractivity contribution in [3.8, 4) is 0 Å². The molecule has 16 heavy (non-hydrogen) atoms. The van der Waals surface area contributed by atoms with Crippen molar-refractivity contribution in [3.05, 3.63) is 29.6 Å². The average molecular weight is 220 g/mol. The van der Waals surface area contributed by atoms with Gasteiger partial charge in [-0.25, -0.2) is 0 Å². The van der Waals surface area contributed by atoms with Gasteiger partial charge in [0.15, 0.2) is 0 Å². The molecule has 1 N–H and O–H groups in total. The summed E-state index contributed by atoms with van der Waals surface area (Å²) in [7, 11) is 0. The lowest BCUT2D eigenvalue weighted by molar-refractivity contribution is 0.272. The number of pyridine rings is 1. The molecule has 0 saturated carbocycles. The summed E-state index contributed by atoms with van der Waals surface area (Å²) in [5, 5.41) is 3.63. The Hall–Kier alpha value is -0.890. The van der Waals surface area contributed by atoms with Gasteiger partial charge in [0, 0.05) is 17.9 Å². The van der Waals surface area contributed by atoms with Crippen LogP contribution >= 0.6 is 0 Å². The Balaban J connectivity index is 2.97. The summed E-state index contributed by atoms with van der Waals surface area (Å²) < 4.78 is 0. The van der Waals surface area contributed by atoms with Gasteiger partial charge in [0.2, 0.25) is 0 Å².